The Morgan fingerprint density at radius 2 is 1.80 bits per heavy atom. The van der Waals surface area contributed by atoms with Crippen molar-refractivity contribution in [3.05, 3.63) is 18.2 Å². The first-order valence-electron chi connectivity index (χ1n) is 6.74. The van der Waals surface area contributed by atoms with E-state index in [9.17, 15) is 9.59 Å². The smallest absolute Gasteiger partial charge is 0.313 e. The zero-order valence-electron chi connectivity index (χ0n) is 11.0. The third-order valence-corrected chi connectivity index (χ3v) is 3.53. The van der Waals surface area contributed by atoms with Crippen LogP contribution in [0.25, 0.3) is 0 Å². The van der Waals surface area contributed by atoms with Gasteiger partial charge in [-0.25, -0.2) is 0 Å². The van der Waals surface area contributed by atoms with E-state index >= 15 is 0 Å². The van der Waals surface area contributed by atoms with Crippen LogP contribution >= 0.6 is 0 Å². The molecule has 0 saturated heterocycles. The monoisotopic (exact) mass is 276 g/mol. The van der Waals surface area contributed by atoms with Crippen LogP contribution in [0.2, 0.25) is 0 Å². The fraction of sp³-hybridized carbons (Fsp3) is 0.429. The van der Waals surface area contributed by atoms with Gasteiger partial charge in [0.25, 0.3) is 0 Å². The zero-order valence-corrected chi connectivity index (χ0v) is 11.0. The highest BCUT2D eigenvalue weighted by atomic mass is 16.7. The van der Waals surface area contributed by atoms with Crippen LogP contribution in [0.15, 0.2) is 18.2 Å². The van der Waals surface area contributed by atoms with Gasteiger partial charge in [0, 0.05) is 17.8 Å². The van der Waals surface area contributed by atoms with Gasteiger partial charge in [-0.05, 0) is 25.0 Å². The molecule has 1 saturated carbocycles. The lowest BCUT2D eigenvalue weighted by Crippen LogP contribution is -2.40. The molecule has 1 aliphatic carbocycles. The van der Waals surface area contributed by atoms with Gasteiger partial charge in [-0.1, -0.05) is 12.8 Å². The zero-order chi connectivity index (χ0) is 13.9. The second-order valence-corrected chi connectivity index (χ2v) is 4.98. The van der Waals surface area contributed by atoms with Gasteiger partial charge in [0.05, 0.1) is 0 Å². The van der Waals surface area contributed by atoms with E-state index in [4.69, 9.17) is 9.47 Å². The van der Waals surface area contributed by atoms with Gasteiger partial charge in [0.1, 0.15) is 0 Å². The van der Waals surface area contributed by atoms with Crippen molar-refractivity contribution in [3.63, 3.8) is 0 Å². The molecule has 20 heavy (non-hydrogen) atoms. The second-order valence-electron chi connectivity index (χ2n) is 4.98. The largest absolute Gasteiger partial charge is 0.454 e. The molecule has 6 nitrogen and oxygen atoms in total. The van der Waals surface area contributed by atoms with Gasteiger partial charge < -0.3 is 20.1 Å². The Labute approximate surface area is 116 Å². The van der Waals surface area contributed by atoms with Crippen molar-refractivity contribution >= 4 is 17.5 Å². The molecule has 0 bridgehead atoms. The summed E-state index contributed by atoms with van der Waals surface area (Å²) in [6.07, 6.45) is 4.11. The molecule has 1 aromatic rings. The molecule has 1 fully saturated rings. The number of ether oxygens (including phenoxy) is 2. The molecule has 106 valence electrons. The highest BCUT2D eigenvalue weighted by molar-refractivity contribution is 6.39. The van der Waals surface area contributed by atoms with Crippen LogP contribution in [-0.4, -0.2) is 24.6 Å². The molecular weight excluding hydrogens is 260 g/mol. The number of benzene rings is 1. The van der Waals surface area contributed by atoms with Gasteiger partial charge in [-0.15, -0.1) is 0 Å². The van der Waals surface area contributed by atoms with Crippen molar-refractivity contribution < 1.29 is 19.1 Å². The van der Waals surface area contributed by atoms with Gasteiger partial charge in [0.15, 0.2) is 11.5 Å². The van der Waals surface area contributed by atoms with Crippen molar-refractivity contribution in [3.8, 4) is 11.5 Å². The number of anilines is 1. The Morgan fingerprint density at radius 3 is 2.60 bits per heavy atom. The third-order valence-electron chi connectivity index (χ3n) is 3.53. The number of nitrogens with one attached hydrogen (secondary N) is 2. The summed E-state index contributed by atoms with van der Waals surface area (Å²) in [5.74, 6) is -0.0391. The van der Waals surface area contributed by atoms with E-state index in [2.05, 4.69) is 10.6 Å². The fourth-order valence-electron chi connectivity index (χ4n) is 2.48. The van der Waals surface area contributed by atoms with E-state index in [-0.39, 0.29) is 12.8 Å². The molecule has 1 aromatic carbocycles. The number of amides is 2. The van der Waals surface area contributed by atoms with E-state index in [1.807, 2.05) is 0 Å². The lowest BCUT2D eigenvalue weighted by molar-refractivity contribution is -0.136. The molecule has 2 amide bonds. The predicted molar refractivity (Wildman–Crippen MR) is 71.6 cm³/mol. The average Bonchev–Trinajstić information content (AvgIpc) is 3.08. The van der Waals surface area contributed by atoms with E-state index in [1.54, 1.807) is 18.2 Å². The molecule has 6 heteroatoms. The van der Waals surface area contributed by atoms with Crippen LogP contribution in [0.1, 0.15) is 25.7 Å². The minimum atomic E-state index is -0.657. The van der Waals surface area contributed by atoms with Crippen molar-refractivity contribution in [2.45, 2.75) is 31.7 Å². The molecule has 2 N–H and O–H groups in total. The Hall–Kier alpha value is -2.24. The predicted octanol–water partition coefficient (Wildman–Crippen LogP) is 1.41. The highest BCUT2D eigenvalue weighted by Gasteiger charge is 2.22. The van der Waals surface area contributed by atoms with Gasteiger partial charge in [-0.2, -0.15) is 0 Å². The quantitative estimate of drug-likeness (QED) is 0.801. The number of hydrogen-bond donors (Lipinski definition) is 2. The molecule has 2 aliphatic rings. The van der Waals surface area contributed by atoms with Crippen LogP contribution < -0.4 is 20.1 Å². The van der Waals surface area contributed by atoms with Crippen LogP contribution in [0, 0.1) is 0 Å². The minimum absolute atomic E-state index is 0.130. The van der Waals surface area contributed by atoms with Gasteiger partial charge >= 0.3 is 11.8 Å². The second kappa shape index (κ2) is 5.40. The summed E-state index contributed by atoms with van der Waals surface area (Å²) in [5, 5.41) is 5.30. The highest BCUT2D eigenvalue weighted by Crippen LogP contribution is 2.34. The molecule has 1 aliphatic heterocycles. The summed E-state index contributed by atoms with van der Waals surface area (Å²) >= 11 is 0. The fourth-order valence-corrected chi connectivity index (χ4v) is 2.48. The molecule has 1 heterocycles. The molecule has 0 unspecified atom stereocenters. The summed E-state index contributed by atoms with van der Waals surface area (Å²) in [7, 11) is 0. The summed E-state index contributed by atoms with van der Waals surface area (Å²) in [6, 6.07) is 5.15. The average molecular weight is 276 g/mol. The van der Waals surface area contributed by atoms with E-state index < -0.39 is 11.8 Å². The minimum Gasteiger partial charge on any atom is -0.454 e. The Balaban J connectivity index is 1.59. The molecule has 0 radical (unpaired) electrons. The van der Waals surface area contributed by atoms with Crippen molar-refractivity contribution in [1.29, 1.82) is 0 Å². The maximum Gasteiger partial charge on any atom is 0.313 e. The van der Waals surface area contributed by atoms with Crippen LogP contribution in [0.4, 0.5) is 5.69 Å². The van der Waals surface area contributed by atoms with Gasteiger partial charge in [-0.3, -0.25) is 9.59 Å². The van der Waals surface area contributed by atoms with E-state index in [0.29, 0.717) is 17.2 Å². The first-order chi connectivity index (χ1) is 9.72. The molecule has 0 atom stereocenters. The topological polar surface area (TPSA) is 76.7 Å². The summed E-state index contributed by atoms with van der Waals surface area (Å²) < 4.78 is 10.4. The normalized spacial score (nSPS) is 17.0. The van der Waals surface area contributed by atoms with Crippen LogP contribution in [0.3, 0.4) is 0 Å². The molecular formula is C14H16N2O4. The number of hydrogen-bond acceptors (Lipinski definition) is 4. The van der Waals surface area contributed by atoms with E-state index in [1.165, 1.54) is 0 Å². The summed E-state index contributed by atoms with van der Waals surface area (Å²) in [5.41, 5.74) is 0.515. The van der Waals surface area contributed by atoms with Gasteiger partial charge in [0.2, 0.25) is 6.79 Å². The lowest BCUT2D eigenvalue weighted by atomic mass is 10.2. The van der Waals surface area contributed by atoms with Crippen molar-refractivity contribution in [1.82, 2.24) is 5.32 Å². The SMILES string of the molecule is O=C(Nc1ccc2c(c1)OCO2)C(=O)NC1CCCC1. The first-order valence-corrected chi connectivity index (χ1v) is 6.74. The van der Waals surface area contributed by atoms with Crippen LogP contribution in [-0.2, 0) is 9.59 Å². The molecule has 3 rings (SSSR count). The summed E-state index contributed by atoms with van der Waals surface area (Å²) in [6.45, 7) is 0.175. The standard InChI is InChI=1S/C14H16N2O4/c17-13(15-9-3-1-2-4-9)14(18)16-10-5-6-11-12(7-10)20-8-19-11/h5-7,9H,1-4,8H2,(H,15,17)(H,16,18). The number of carbonyl (C=O) groups excluding carboxylic acids is 2. The Kier molecular flexibility index (Phi) is 3.45. The Bertz CT molecular complexity index is 538. The Morgan fingerprint density at radius 1 is 1.05 bits per heavy atom. The number of rotatable bonds is 2. The van der Waals surface area contributed by atoms with Crippen molar-refractivity contribution in [2.24, 2.45) is 0 Å². The van der Waals surface area contributed by atoms with E-state index in [0.717, 1.165) is 25.7 Å². The maximum atomic E-state index is 11.8. The lowest BCUT2D eigenvalue weighted by Gasteiger charge is -2.11. The van der Waals surface area contributed by atoms with Crippen LogP contribution in [0.5, 0.6) is 11.5 Å². The van der Waals surface area contributed by atoms with Crippen molar-refractivity contribution in [2.75, 3.05) is 12.1 Å². The molecule has 0 spiro atoms. The summed E-state index contributed by atoms with van der Waals surface area (Å²) in [4.78, 5) is 23.6. The molecule has 0 aromatic heterocycles. The third kappa shape index (κ3) is 2.68. The first kappa shape index (κ1) is 12.8. The number of fused-ring (bicyclic) bond motifs is 1. The maximum absolute atomic E-state index is 11.8. The number of carbonyl (C=O) groups is 2.